The maximum atomic E-state index is 12.4. The monoisotopic (exact) mass is 336 g/mol. The second kappa shape index (κ2) is 8.30. The number of likely N-dealkylation sites (tertiary alicyclic amines) is 1. The van der Waals surface area contributed by atoms with Gasteiger partial charge in [0.15, 0.2) is 0 Å². The van der Waals surface area contributed by atoms with Gasteiger partial charge >= 0.3 is 0 Å². The predicted octanol–water partition coefficient (Wildman–Crippen LogP) is 4.73. The topological polar surface area (TPSA) is 32.3 Å². The molecule has 1 amide bonds. The Balaban J connectivity index is 1.58. The summed E-state index contributed by atoms with van der Waals surface area (Å²) in [7, 11) is 0. The number of anilines is 1. The summed E-state index contributed by atoms with van der Waals surface area (Å²) < 4.78 is 0. The SMILES string of the molecule is CCc1ccc(NC(=O)c2ccc(CN3CCC[C@@H](C)C3)cc2)cc1. The van der Waals surface area contributed by atoms with Crippen molar-refractivity contribution in [2.24, 2.45) is 5.92 Å². The average molecular weight is 336 g/mol. The van der Waals surface area contributed by atoms with Crippen molar-refractivity contribution in [3.05, 3.63) is 65.2 Å². The van der Waals surface area contributed by atoms with E-state index in [1.807, 2.05) is 24.3 Å². The Kier molecular flexibility index (Phi) is 5.87. The van der Waals surface area contributed by atoms with E-state index in [1.165, 1.54) is 37.1 Å². The number of aryl methyl sites for hydroxylation is 1. The number of hydrogen-bond donors (Lipinski definition) is 1. The normalized spacial score (nSPS) is 18.1. The summed E-state index contributed by atoms with van der Waals surface area (Å²) in [5.74, 6) is 0.736. The van der Waals surface area contributed by atoms with E-state index in [0.717, 1.165) is 24.6 Å². The molecule has 132 valence electrons. The van der Waals surface area contributed by atoms with E-state index in [4.69, 9.17) is 0 Å². The van der Waals surface area contributed by atoms with Crippen LogP contribution in [0.15, 0.2) is 48.5 Å². The number of piperidine rings is 1. The van der Waals surface area contributed by atoms with Crippen molar-refractivity contribution in [2.45, 2.75) is 39.7 Å². The summed E-state index contributed by atoms with van der Waals surface area (Å²) in [5.41, 5.74) is 4.09. The minimum absolute atomic E-state index is 0.0533. The van der Waals surface area contributed by atoms with Crippen molar-refractivity contribution in [2.75, 3.05) is 18.4 Å². The number of nitrogens with zero attached hydrogens (tertiary/aromatic N) is 1. The van der Waals surface area contributed by atoms with E-state index in [9.17, 15) is 4.79 Å². The molecule has 3 nitrogen and oxygen atoms in total. The highest BCUT2D eigenvalue weighted by molar-refractivity contribution is 6.04. The Morgan fingerprint density at radius 1 is 1.08 bits per heavy atom. The fraction of sp³-hybridized carbons (Fsp3) is 0.409. The molecule has 1 fully saturated rings. The third kappa shape index (κ3) is 4.93. The van der Waals surface area contributed by atoms with E-state index < -0.39 is 0 Å². The molecule has 3 rings (SSSR count). The minimum atomic E-state index is -0.0533. The number of amides is 1. The Morgan fingerprint density at radius 2 is 1.76 bits per heavy atom. The first-order valence-electron chi connectivity index (χ1n) is 9.35. The molecule has 1 aliphatic heterocycles. The van der Waals surface area contributed by atoms with Gasteiger partial charge in [0, 0.05) is 24.3 Å². The van der Waals surface area contributed by atoms with E-state index in [0.29, 0.717) is 5.56 Å². The number of nitrogens with one attached hydrogen (secondary N) is 1. The van der Waals surface area contributed by atoms with Gasteiger partial charge in [-0.2, -0.15) is 0 Å². The number of rotatable bonds is 5. The maximum Gasteiger partial charge on any atom is 0.255 e. The minimum Gasteiger partial charge on any atom is -0.322 e. The molecule has 25 heavy (non-hydrogen) atoms. The van der Waals surface area contributed by atoms with Gasteiger partial charge in [-0.15, -0.1) is 0 Å². The second-order valence-electron chi connectivity index (χ2n) is 7.18. The van der Waals surface area contributed by atoms with Gasteiger partial charge in [-0.3, -0.25) is 9.69 Å². The molecule has 0 bridgehead atoms. The van der Waals surface area contributed by atoms with Gasteiger partial charge in [-0.25, -0.2) is 0 Å². The van der Waals surface area contributed by atoms with Crippen molar-refractivity contribution in [3.8, 4) is 0 Å². The fourth-order valence-electron chi connectivity index (χ4n) is 3.48. The molecule has 3 heteroatoms. The lowest BCUT2D eigenvalue weighted by atomic mass is 9.99. The van der Waals surface area contributed by atoms with Crippen molar-refractivity contribution in [1.82, 2.24) is 4.90 Å². The third-order valence-corrected chi connectivity index (χ3v) is 4.98. The average Bonchev–Trinajstić information content (AvgIpc) is 2.63. The van der Waals surface area contributed by atoms with Gasteiger partial charge in [0.1, 0.15) is 0 Å². The number of carbonyl (C=O) groups is 1. The van der Waals surface area contributed by atoms with Crippen molar-refractivity contribution in [3.63, 3.8) is 0 Å². The molecule has 1 aliphatic rings. The Hall–Kier alpha value is -2.13. The predicted molar refractivity (Wildman–Crippen MR) is 104 cm³/mol. The van der Waals surface area contributed by atoms with Crippen LogP contribution in [0.4, 0.5) is 5.69 Å². The summed E-state index contributed by atoms with van der Waals surface area (Å²) in [6, 6.07) is 16.0. The quantitative estimate of drug-likeness (QED) is 0.856. The molecule has 0 saturated carbocycles. The van der Waals surface area contributed by atoms with Crippen LogP contribution in [-0.2, 0) is 13.0 Å². The molecule has 2 aromatic rings. The Bertz CT molecular complexity index is 691. The highest BCUT2D eigenvalue weighted by atomic mass is 16.1. The first-order chi connectivity index (χ1) is 12.1. The van der Waals surface area contributed by atoms with Crippen LogP contribution in [-0.4, -0.2) is 23.9 Å². The molecule has 0 aliphatic carbocycles. The molecule has 1 N–H and O–H groups in total. The van der Waals surface area contributed by atoms with Crippen LogP contribution >= 0.6 is 0 Å². The fourth-order valence-corrected chi connectivity index (χ4v) is 3.48. The van der Waals surface area contributed by atoms with Crippen LogP contribution in [0.1, 0.15) is 48.2 Å². The van der Waals surface area contributed by atoms with Gasteiger partial charge < -0.3 is 5.32 Å². The highest BCUT2D eigenvalue weighted by Crippen LogP contribution is 2.18. The molecule has 1 saturated heterocycles. The van der Waals surface area contributed by atoms with Gasteiger partial charge in [-0.1, -0.05) is 38.1 Å². The van der Waals surface area contributed by atoms with Crippen LogP contribution in [0.2, 0.25) is 0 Å². The lowest BCUT2D eigenvalue weighted by molar-refractivity contribution is 0.102. The van der Waals surface area contributed by atoms with Crippen LogP contribution < -0.4 is 5.32 Å². The van der Waals surface area contributed by atoms with Crippen molar-refractivity contribution >= 4 is 11.6 Å². The molecule has 2 aromatic carbocycles. The summed E-state index contributed by atoms with van der Waals surface area (Å²) in [6.07, 6.45) is 3.64. The molecule has 0 spiro atoms. The zero-order chi connectivity index (χ0) is 17.6. The van der Waals surface area contributed by atoms with E-state index in [2.05, 4.69) is 48.3 Å². The molecule has 1 atom stereocenters. The van der Waals surface area contributed by atoms with E-state index in [1.54, 1.807) is 0 Å². The lowest BCUT2D eigenvalue weighted by Crippen LogP contribution is -2.33. The molecule has 0 unspecified atom stereocenters. The summed E-state index contributed by atoms with van der Waals surface area (Å²) >= 11 is 0. The lowest BCUT2D eigenvalue weighted by Gasteiger charge is -2.30. The molecule has 0 aromatic heterocycles. The molecule has 1 heterocycles. The van der Waals surface area contributed by atoms with E-state index in [-0.39, 0.29) is 5.91 Å². The van der Waals surface area contributed by atoms with Gasteiger partial charge in [0.25, 0.3) is 5.91 Å². The van der Waals surface area contributed by atoms with Crippen LogP contribution in [0.25, 0.3) is 0 Å². The van der Waals surface area contributed by atoms with Gasteiger partial charge in [0.05, 0.1) is 0 Å². The van der Waals surface area contributed by atoms with E-state index >= 15 is 0 Å². The standard InChI is InChI=1S/C22H28N2O/c1-3-18-8-12-21(13-9-18)23-22(25)20-10-6-19(7-11-20)16-24-14-4-5-17(2)15-24/h6-13,17H,3-5,14-16H2,1-2H3,(H,23,25)/t17-/m1/s1. The van der Waals surface area contributed by atoms with Gasteiger partial charge in [-0.05, 0) is 67.1 Å². The van der Waals surface area contributed by atoms with Crippen LogP contribution in [0, 0.1) is 5.92 Å². The largest absolute Gasteiger partial charge is 0.322 e. The zero-order valence-electron chi connectivity index (χ0n) is 15.3. The Morgan fingerprint density at radius 3 is 2.40 bits per heavy atom. The zero-order valence-corrected chi connectivity index (χ0v) is 15.3. The van der Waals surface area contributed by atoms with Crippen molar-refractivity contribution in [1.29, 1.82) is 0 Å². The van der Waals surface area contributed by atoms with Crippen molar-refractivity contribution < 1.29 is 4.79 Å². The van der Waals surface area contributed by atoms with Gasteiger partial charge in [0.2, 0.25) is 0 Å². The number of hydrogen-bond acceptors (Lipinski definition) is 2. The van der Waals surface area contributed by atoms with Crippen LogP contribution in [0.5, 0.6) is 0 Å². The smallest absolute Gasteiger partial charge is 0.255 e. The summed E-state index contributed by atoms with van der Waals surface area (Å²) in [6.45, 7) is 7.79. The molecular weight excluding hydrogens is 308 g/mol. The number of carbonyl (C=O) groups excluding carboxylic acids is 1. The first-order valence-corrected chi connectivity index (χ1v) is 9.35. The third-order valence-electron chi connectivity index (χ3n) is 4.98. The maximum absolute atomic E-state index is 12.4. The second-order valence-corrected chi connectivity index (χ2v) is 7.18. The molecular formula is C22H28N2O. The summed E-state index contributed by atoms with van der Waals surface area (Å²) in [5, 5.41) is 2.97. The van der Waals surface area contributed by atoms with Crippen LogP contribution in [0.3, 0.4) is 0 Å². The Labute approximate surface area is 151 Å². The summed E-state index contributed by atoms with van der Waals surface area (Å²) in [4.78, 5) is 14.9. The highest BCUT2D eigenvalue weighted by Gasteiger charge is 2.16. The first kappa shape index (κ1) is 17.7. The number of benzene rings is 2. The molecule has 0 radical (unpaired) electrons.